The number of halogens is 2. The van der Waals surface area contributed by atoms with Gasteiger partial charge in [-0.3, -0.25) is 4.79 Å². The third-order valence-electron chi connectivity index (χ3n) is 2.32. The number of rotatable bonds is 4. The van der Waals surface area contributed by atoms with Gasteiger partial charge in [0.15, 0.2) is 10.9 Å². The summed E-state index contributed by atoms with van der Waals surface area (Å²) < 4.78 is 1.67. The van der Waals surface area contributed by atoms with E-state index in [1.54, 1.807) is 11.5 Å². The summed E-state index contributed by atoms with van der Waals surface area (Å²) in [6.07, 6.45) is 1.53. The van der Waals surface area contributed by atoms with E-state index in [4.69, 9.17) is 28.9 Å². The van der Waals surface area contributed by atoms with Crippen LogP contribution in [0.1, 0.15) is 20.4 Å². The van der Waals surface area contributed by atoms with E-state index in [0.29, 0.717) is 22.3 Å². The SMILES string of the molecule is Cc1nc(Cn2cnc(Cl)c2Cl)sc1C(=O)CN. The standard InChI is InChI=1S/C10H10Cl2N4OS/c1-5-8(6(17)2-13)18-7(15-5)3-16-4-14-9(11)10(16)12/h4H,2-3,13H2,1H3. The molecule has 8 heteroatoms. The fourth-order valence-corrected chi connectivity index (χ4v) is 2.79. The van der Waals surface area contributed by atoms with Gasteiger partial charge < -0.3 is 10.3 Å². The molecule has 2 rings (SSSR count). The molecule has 0 aromatic carbocycles. The van der Waals surface area contributed by atoms with Crippen molar-refractivity contribution in [3.8, 4) is 0 Å². The molecule has 0 amide bonds. The lowest BCUT2D eigenvalue weighted by molar-refractivity contribution is 0.100. The van der Waals surface area contributed by atoms with Gasteiger partial charge in [0.05, 0.1) is 30.0 Å². The van der Waals surface area contributed by atoms with E-state index in [0.717, 1.165) is 5.01 Å². The minimum atomic E-state index is -0.106. The highest BCUT2D eigenvalue weighted by Crippen LogP contribution is 2.23. The van der Waals surface area contributed by atoms with Crippen molar-refractivity contribution in [3.63, 3.8) is 0 Å². The predicted molar refractivity (Wildman–Crippen MR) is 71.6 cm³/mol. The van der Waals surface area contributed by atoms with Crippen molar-refractivity contribution < 1.29 is 4.79 Å². The molecule has 0 aliphatic carbocycles. The second-order valence-corrected chi connectivity index (χ2v) is 5.40. The molecule has 0 atom stereocenters. The van der Waals surface area contributed by atoms with Gasteiger partial charge in [0.1, 0.15) is 10.2 Å². The normalized spacial score (nSPS) is 10.9. The summed E-state index contributed by atoms with van der Waals surface area (Å²) in [5, 5.41) is 1.37. The molecule has 0 saturated carbocycles. The number of imidazole rings is 1. The Morgan fingerprint density at radius 1 is 1.56 bits per heavy atom. The summed E-state index contributed by atoms with van der Waals surface area (Å²) in [6.45, 7) is 2.20. The van der Waals surface area contributed by atoms with Crippen LogP contribution >= 0.6 is 34.5 Å². The zero-order valence-electron chi connectivity index (χ0n) is 9.48. The molecule has 2 aromatic rings. The molecule has 0 spiro atoms. The molecule has 0 bridgehead atoms. The Morgan fingerprint density at radius 3 is 2.83 bits per heavy atom. The van der Waals surface area contributed by atoms with E-state index in [2.05, 4.69) is 9.97 Å². The highest BCUT2D eigenvalue weighted by Gasteiger charge is 2.15. The summed E-state index contributed by atoms with van der Waals surface area (Å²) in [7, 11) is 0. The van der Waals surface area contributed by atoms with Crippen LogP contribution in [0.5, 0.6) is 0 Å². The van der Waals surface area contributed by atoms with Crippen molar-refractivity contribution in [2.24, 2.45) is 5.73 Å². The van der Waals surface area contributed by atoms with E-state index in [9.17, 15) is 4.79 Å². The lowest BCUT2D eigenvalue weighted by Gasteiger charge is -1.99. The van der Waals surface area contributed by atoms with Gasteiger partial charge in [0.25, 0.3) is 0 Å². The van der Waals surface area contributed by atoms with Gasteiger partial charge in [-0.25, -0.2) is 9.97 Å². The number of nitrogens with zero attached hydrogens (tertiary/aromatic N) is 3. The molecule has 96 valence electrons. The Bertz CT molecular complexity index is 593. The first-order valence-corrected chi connectivity index (χ1v) is 6.66. The van der Waals surface area contributed by atoms with E-state index < -0.39 is 0 Å². The number of Topliss-reactive ketones (excluding diaryl/α,β-unsaturated/α-hetero) is 1. The van der Waals surface area contributed by atoms with Gasteiger partial charge in [-0.05, 0) is 6.92 Å². The monoisotopic (exact) mass is 304 g/mol. The first-order valence-electron chi connectivity index (χ1n) is 5.08. The molecule has 0 unspecified atom stereocenters. The van der Waals surface area contributed by atoms with Crippen LogP contribution in [0.15, 0.2) is 6.33 Å². The second kappa shape index (κ2) is 5.36. The minimum Gasteiger partial charge on any atom is -0.324 e. The van der Waals surface area contributed by atoms with Gasteiger partial charge in [-0.2, -0.15) is 0 Å². The van der Waals surface area contributed by atoms with Crippen LogP contribution in [0.4, 0.5) is 0 Å². The van der Waals surface area contributed by atoms with Crippen molar-refractivity contribution in [1.29, 1.82) is 0 Å². The molecular weight excluding hydrogens is 295 g/mol. The third kappa shape index (κ3) is 2.56. The second-order valence-electron chi connectivity index (χ2n) is 3.60. The number of ketones is 1. The largest absolute Gasteiger partial charge is 0.324 e. The maximum Gasteiger partial charge on any atom is 0.188 e. The van der Waals surface area contributed by atoms with Crippen LogP contribution in [0.3, 0.4) is 0 Å². The van der Waals surface area contributed by atoms with Gasteiger partial charge >= 0.3 is 0 Å². The molecule has 0 radical (unpaired) electrons. The van der Waals surface area contributed by atoms with Crippen molar-refractivity contribution >= 4 is 40.3 Å². The average Bonchev–Trinajstić information content (AvgIpc) is 2.86. The first kappa shape index (κ1) is 13.5. The van der Waals surface area contributed by atoms with Crippen LogP contribution < -0.4 is 5.73 Å². The number of thiazole rings is 1. The topological polar surface area (TPSA) is 73.8 Å². The van der Waals surface area contributed by atoms with Crippen molar-refractivity contribution in [2.75, 3.05) is 6.54 Å². The van der Waals surface area contributed by atoms with Crippen LogP contribution in [0.25, 0.3) is 0 Å². The highest BCUT2D eigenvalue weighted by atomic mass is 35.5. The number of hydrogen-bond acceptors (Lipinski definition) is 5. The average molecular weight is 305 g/mol. The maximum absolute atomic E-state index is 11.6. The Morgan fingerprint density at radius 2 is 2.28 bits per heavy atom. The minimum absolute atomic E-state index is 0.0138. The number of hydrogen-bond donors (Lipinski definition) is 1. The summed E-state index contributed by atoms with van der Waals surface area (Å²) in [6, 6.07) is 0. The molecule has 18 heavy (non-hydrogen) atoms. The zero-order chi connectivity index (χ0) is 13.3. The smallest absolute Gasteiger partial charge is 0.188 e. The quantitative estimate of drug-likeness (QED) is 0.878. The summed E-state index contributed by atoms with van der Waals surface area (Å²) in [5.41, 5.74) is 6.03. The van der Waals surface area contributed by atoms with E-state index >= 15 is 0 Å². The summed E-state index contributed by atoms with van der Waals surface area (Å²) >= 11 is 13.0. The number of aromatic nitrogens is 3. The lowest BCUT2D eigenvalue weighted by Crippen LogP contribution is -2.13. The predicted octanol–water partition coefficient (Wildman–Crippen LogP) is 2.14. The van der Waals surface area contributed by atoms with Crippen molar-refractivity contribution in [1.82, 2.24) is 14.5 Å². The molecule has 0 saturated heterocycles. The Kier molecular flexibility index (Phi) is 4.01. The molecule has 0 aliphatic heterocycles. The van der Waals surface area contributed by atoms with Gasteiger partial charge in [0.2, 0.25) is 0 Å². The van der Waals surface area contributed by atoms with E-state index in [-0.39, 0.29) is 17.5 Å². The van der Waals surface area contributed by atoms with Gasteiger partial charge in [0, 0.05) is 0 Å². The van der Waals surface area contributed by atoms with Crippen LogP contribution in [-0.2, 0) is 6.54 Å². The number of carbonyl (C=O) groups is 1. The Labute approximate surface area is 118 Å². The van der Waals surface area contributed by atoms with Crippen LogP contribution in [0, 0.1) is 6.92 Å². The van der Waals surface area contributed by atoms with Crippen molar-refractivity contribution in [3.05, 3.63) is 32.2 Å². The Hall–Kier alpha value is -0.950. The van der Waals surface area contributed by atoms with Crippen LogP contribution in [0.2, 0.25) is 10.3 Å². The highest BCUT2D eigenvalue weighted by molar-refractivity contribution is 7.13. The van der Waals surface area contributed by atoms with Gasteiger partial charge in [-0.1, -0.05) is 23.2 Å². The fourth-order valence-electron chi connectivity index (χ4n) is 1.47. The Balaban J connectivity index is 2.25. The van der Waals surface area contributed by atoms with E-state index in [1.165, 1.54) is 17.7 Å². The number of carbonyl (C=O) groups excluding carboxylic acids is 1. The summed E-state index contributed by atoms with van der Waals surface area (Å²) in [5.74, 6) is -0.106. The van der Waals surface area contributed by atoms with Crippen molar-refractivity contribution in [2.45, 2.75) is 13.5 Å². The molecule has 5 nitrogen and oxygen atoms in total. The molecule has 2 aromatic heterocycles. The number of nitrogens with two attached hydrogens (primary N) is 1. The summed E-state index contributed by atoms with van der Waals surface area (Å²) in [4.78, 5) is 20.3. The maximum atomic E-state index is 11.6. The molecule has 0 aliphatic rings. The molecule has 0 fully saturated rings. The molecule has 2 heterocycles. The first-order chi connectivity index (χ1) is 8.52. The van der Waals surface area contributed by atoms with Gasteiger partial charge in [-0.15, -0.1) is 11.3 Å². The lowest BCUT2D eigenvalue weighted by atomic mass is 10.3. The van der Waals surface area contributed by atoms with E-state index in [1.807, 2.05) is 0 Å². The van der Waals surface area contributed by atoms with Crippen LogP contribution in [-0.4, -0.2) is 26.9 Å². The zero-order valence-corrected chi connectivity index (χ0v) is 11.8. The number of aryl methyl sites for hydroxylation is 1. The molecule has 2 N–H and O–H groups in total. The molecular formula is C10H10Cl2N4OS. The third-order valence-corrected chi connectivity index (χ3v) is 4.27. The fraction of sp³-hybridized carbons (Fsp3) is 0.300.